The van der Waals surface area contributed by atoms with E-state index in [1.165, 1.54) is 12.8 Å². The molecule has 2 unspecified atom stereocenters. The number of hydrogen-bond acceptors (Lipinski definition) is 2. The van der Waals surface area contributed by atoms with E-state index in [1.807, 2.05) is 0 Å². The Labute approximate surface area is 85.3 Å². The van der Waals surface area contributed by atoms with Gasteiger partial charge in [0, 0.05) is 0 Å². The third kappa shape index (κ3) is 10.2. The summed E-state index contributed by atoms with van der Waals surface area (Å²) < 4.78 is 26.7. The van der Waals surface area contributed by atoms with Crippen molar-refractivity contribution in [3.05, 3.63) is 0 Å². The van der Waals surface area contributed by atoms with Crippen LogP contribution in [0, 0.1) is 0 Å². The van der Waals surface area contributed by atoms with E-state index in [0.717, 1.165) is 19.3 Å². The van der Waals surface area contributed by atoms with E-state index in [4.69, 9.17) is 4.89 Å². The largest absolute Gasteiger partial charge is 0.510 e. The van der Waals surface area contributed by atoms with E-state index in [2.05, 4.69) is 11.4 Å². The second-order valence-electron chi connectivity index (χ2n) is 3.57. The lowest BCUT2D eigenvalue weighted by molar-refractivity contribution is 0.155. The molecule has 0 aromatic heterocycles. The van der Waals surface area contributed by atoms with Gasteiger partial charge in [-0.25, -0.2) is 4.57 Å². The van der Waals surface area contributed by atoms with Gasteiger partial charge in [-0.2, -0.15) is 0 Å². The molecule has 86 valence electrons. The van der Waals surface area contributed by atoms with Gasteiger partial charge in [-0.3, -0.25) is 9.42 Å². The Balaban J connectivity index is 3.36. The minimum absolute atomic E-state index is 0.475. The Bertz CT molecular complexity index is 181. The summed E-state index contributed by atoms with van der Waals surface area (Å²) in [6.45, 7) is 3.75. The van der Waals surface area contributed by atoms with E-state index in [9.17, 15) is 8.76 Å². The normalized spacial score (nSPS) is 17.7. The molecule has 5 heteroatoms. The van der Waals surface area contributed by atoms with Gasteiger partial charge in [0.05, 0.1) is 6.10 Å². The maximum absolute atomic E-state index is 12.2. The minimum Gasteiger partial charge on any atom is -0.299 e. The first kappa shape index (κ1) is 14.1. The molecular formula is C9H20FO3P. The lowest BCUT2D eigenvalue weighted by Crippen LogP contribution is -2.04. The standard InChI is InChI=1S/C9H20FO3P/c1-3-4-5-6-7-8-9(2)13-14(10,11)12/h9H,3-8H2,1-2H3,(H,11,12). The van der Waals surface area contributed by atoms with Crippen LogP contribution in [-0.4, -0.2) is 11.0 Å². The maximum Gasteiger partial charge on any atom is 0.510 e. The van der Waals surface area contributed by atoms with Gasteiger partial charge in [-0.15, -0.1) is 4.20 Å². The number of rotatable bonds is 8. The van der Waals surface area contributed by atoms with Crippen molar-refractivity contribution in [3.8, 4) is 0 Å². The van der Waals surface area contributed by atoms with Crippen molar-refractivity contribution >= 4 is 7.91 Å². The zero-order valence-electron chi connectivity index (χ0n) is 8.91. The summed E-state index contributed by atoms with van der Waals surface area (Å²) in [6.07, 6.45) is 5.70. The van der Waals surface area contributed by atoms with E-state index in [1.54, 1.807) is 6.92 Å². The van der Waals surface area contributed by atoms with Crippen molar-refractivity contribution in [1.82, 2.24) is 0 Å². The highest BCUT2D eigenvalue weighted by atomic mass is 31.2. The molecule has 0 saturated carbocycles. The summed E-state index contributed by atoms with van der Waals surface area (Å²) in [7, 11) is -4.78. The van der Waals surface area contributed by atoms with Crippen LogP contribution in [0.25, 0.3) is 0 Å². The van der Waals surface area contributed by atoms with Gasteiger partial charge in [0.25, 0.3) is 0 Å². The van der Waals surface area contributed by atoms with Gasteiger partial charge in [0.1, 0.15) is 0 Å². The van der Waals surface area contributed by atoms with Crippen LogP contribution in [0.3, 0.4) is 0 Å². The SMILES string of the molecule is CCCCCCCC(C)OP(=O)(O)F. The Morgan fingerprint density at radius 2 is 1.93 bits per heavy atom. The molecule has 0 aliphatic rings. The van der Waals surface area contributed by atoms with Gasteiger partial charge in [0.15, 0.2) is 0 Å². The van der Waals surface area contributed by atoms with Gasteiger partial charge in [-0.1, -0.05) is 39.0 Å². The highest BCUT2D eigenvalue weighted by Gasteiger charge is 2.20. The average molecular weight is 226 g/mol. The molecule has 0 aromatic carbocycles. The van der Waals surface area contributed by atoms with Crippen LogP contribution in [0.15, 0.2) is 0 Å². The fraction of sp³-hybridized carbons (Fsp3) is 1.00. The van der Waals surface area contributed by atoms with E-state index in [0.29, 0.717) is 6.42 Å². The lowest BCUT2D eigenvalue weighted by atomic mass is 10.1. The molecule has 0 heterocycles. The van der Waals surface area contributed by atoms with Crippen molar-refractivity contribution in [2.45, 2.75) is 58.5 Å². The summed E-state index contributed by atoms with van der Waals surface area (Å²) in [6, 6.07) is 0. The van der Waals surface area contributed by atoms with E-state index < -0.39 is 14.0 Å². The first-order chi connectivity index (χ1) is 6.45. The summed E-state index contributed by atoms with van der Waals surface area (Å²) >= 11 is 0. The molecule has 3 nitrogen and oxygen atoms in total. The third-order valence-electron chi connectivity index (χ3n) is 2.02. The van der Waals surface area contributed by atoms with Crippen molar-refractivity contribution < 1.29 is 18.2 Å². The molecule has 0 aromatic rings. The molecule has 14 heavy (non-hydrogen) atoms. The second kappa shape index (κ2) is 7.38. The van der Waals surface area contributed by atoms with Crippen molar-refractivity contribution in [3.63, 3.8) is 0 Å². The Kier molecular flexibility index (Phi) is 7.42. The summed E-state index contributed by atoms with van der Waals surface area (Å²) in [5.41, 5.74) is 0. The first-order valence-electron chi connectivity index (χ1n) is 5.16. The number of unbranched alkanes of at least 4 members (excludes halogenated alkanes) is 4. The quantitative estimate of drug-likeness (QED) is 0.505. The molecule has 0 fully saturated rings. The summed E-state index contributed by atoms with van der Waals surface area (Å²) in [5.74, 6) is 0. The zero-order chi connectivity index (χ0) is 11.0. The monoisotopic (exact) mass is 226 g/mol. The molecule has 0 spiro atoms. The summed E-state index contributed by atoms with van der Waals surface area (Å²) in [5, 5.41) is 0. The molecule has 1 N–H and O–H groups in total. The smallest absolute Gasteiger partial charge is 0.299 e. The van der Waals surface area contributed by atoms with Crippen molar-refractivity contribution in [1.29, 1.82) is 0 Å². The highest BCUT2D eigenvalue weighted by molar-refractivity contribution is 7.46. The second-order valence-corrected chi connectivity index (χ2v) is 4.68. The van der Waals surface area contributed by atoms with Crippen LogP contribution in [0.1, 0.15) is 52.4 Å². The van der Waals surface area contributed by atoms with Crippen LogP contribution in [-0.2, 0) is 9.09 Å². The fourth-order valence-corrected chi connectivity index (χ4v) is 1.86. The summed E-state index contributed by atoms with van der Waals surface area (Å²) in [4.78, 5) is 8.30. The van der Waals surface area contributed by atoms with Crippen LogP contribution in [0.5, 0.6) is 0 Å². The average Bonchev–Trinajstić information content (AvgIpc) is 2.00. The Morgan fingerprint density at radius 3 is 2.43 bits per heavy atom. The number of halogens is 1. The van der Waals surface area contributed by atoms with Crippen LogP contribution >= 0.6 is 7.91 Å². The fourth-order valence-electron chi connectivity index (χ4n) is 1.31. The van der Waals surface area contributed by atoms with Gasteiger partial charge in [0.2, 0.25) is 0 Å². The van der Waals surface area contributed by atoms with Gasteiger partial charge in [-0.05, 0) is 13.3 Å². The highest BCUT2D eigenvalue weighted by Crippen LogP contribution is 2.45. The Morgan fingerprint density at radius 1 is 1.36 bits per heavy atom. The predicted molar refractivity (Wildman–Crippen MR) is 54.9 cm³/mol. The molecule has 0 bridgehead atoms. The Hall–Kier alpha value is 0.0800. The first-order valence-corrected chi connectivity index (χ1v) is 6.63. The van der Waals surface area contributed by atoms with Crippen LogP contribution < -0.4 is 0 Å². The van der Waals surface area contributed by atoms with Crippen LogP contribution in [0.2, 0.25) is 0 Å². The zero-order valence-corrected chi connectivity index (χ0v) is 9.80. The van der Waals surface area contributed by atoms with E-state index in [-0.39, 0.29) is 0 Å². The minimum atomic E-state index is -4.78. The topological polar surface area (TPSA) is 46.5 Å². The molecule has 0 aliphatic heterocycles. The van der Waals surface area contributed by atoms with E-state index >= 15 is 0 Å². The number of hydrogen-bond donors (Lipinski definition) is 1. The van der Waals surface area contributed by atoms with Crippen molar-refractivity contribution in [2.75, 3.05) is 0 Å². The third-order valence-corrected chi connectivity index (χ3v) is 2.64. The predicted octanol–water partition coefficient (Wildman–Crippen LogP) is 3.82. The van der Waals surface area contributed by atoms with Crippen molar-refractivity contribution in [2.24, 2.45) is 0 Å². The lowest BCUT2D eigenvalue weighted by Gasteiger charge is -2.11. The molecule has 0 amide bonds. The molecular weight excluding hydrogens is 206 g/mol. The molecule has 0 rings (SSSR count). The van der Waals surface area contributed by atoms with Gasteiger partial charge < -0.3 is 0 Å². The molecule has 0 radical (unpaired) electrons. The molecule has 0 aliphatic carbocycles. The molecule has 2 atom stereocenters. The maximum atomic E-state index is 12.2. The molecule has 0 saturated heterocycles. The van der Waals surface area contributed by atoms with Gasteiger partial charge >= 0.3 is 7.91 Å². The van der Waals surface area contributed by atoms with Crippen LogP contribution in [0.4, 0.5) is 4.20 Å².